The second kappa shape index (κ2) is 6.02. The van der Waals surface area contributed by atoms with Crippen LogP contribution >= 0.6 is 0 Å². The predicted octanol–water partition coefficient (Wildman–Crippen LogP) is 4.19. The minimum absolute atomic E-state index is 0.0780. The number of aromatic nitrogens is 1. The van der Waals surface area contributed by atoms with Crippen molar-refractivity contribution in [1.29, 1.82) is 0 Å². The van der Waals surface area contributed by atoms with Crippen molar-refractivity contribution in [2.24, 2.45) is 0 Å². The van der Waals surface area contributed by atoms with Crippen molar-refractivity contribution in [3.63, 3.8) is 0 Å². The van der Waals surface area contributed by atoms with Gasteiger partial charge in [0.15, 0.2) is 17.3 Å². The number of methoxy groups -OCH3 is 1. The summed E-state index contributed by atoms with van der Waals surface area (Å²) in [4.78, 5) is 16.0. The van der Waals surface area contributed by atoms with Crippen LogP contribution in [0.4, 0.5) is 0 Å². The molecule has 1 N–H and O–H groups in total. The van der Waals surface area contributed by atoms with Gasteiger partial charge < -0.3 is 19.2 Å². The van der Waals surface area contributed by atoms with E-state index in [1.165, 1.54) is 0 Å². The topological polar surface area (TPSA) is 60.6 Å². The highest BCUT2D eigenvalue weighted by atomic mass is 16.7. The first-order chi connectivity index (χ1) is 12.2. The zero-order valence-electron chi connectivity index (χ0n) is 14.0. The van der Waals surface area contributed by atoms with Gasteiger partial charge in [-0.15, -0.1) is 0 Å². The molecule has 4 rings (SSSR count). The van der Waals surface area contributed by atoms with Gasteiger partial charge in [-0.2, -0.15) is 0 Å². The lowest BCUT2D eigenvalue weighted by Gasteiger charge is -2.08. The Labute approximate surface area is 144 Å². The number of benzene rings is 2. The lowest BCUT2D eigenvalue weighted by molar-refractivity contribution is 0.103. The Kier molecular flexibility index (Phi) is 3.69. The molecule has 2 aromatic carbocycles. The first-order valence-corrected chi connectivity index (χ1v) is 7.93. The van der Waals surface area contributed by atoms with E-state index in [-0.39, 0.29) is 12.6 Å². The maximum atomic E-state index is 12.8. The summed E-state index contributed by atoms with van der Waals surface area (Å²) in [7, 11) is 1.54. The zero-order chi connectivity index (χ0) is 17.4. The van der Waals surface area contributed by atoms with E-state index in [1.54, 1.807) is 26.2 Å². The Morgan fingerprint density at radius 3 is 2.92 bits per heavy atom. The standard InChI is InChI=1S/C20H17NO4/c1-12(7-13-3-4-16-14(8-13)5-6-21-16)19(22)15-9-17(23-2)20-18(10-15)24-11-25-20/h3-10,21H,11H2,1-2H3/b12-7+. The van der Waals surface area contributed by atoms with Crippen LogP contribution in [0.2, 0.25) is 0 Å². The lowest BCUT2D eigenvalue weighted by Crippen LogP contribution is -2.01. The number of fused-ring (bicyclic) bond motifs is 2. The number of aromatic amines is 1. The van der Waals surface area contributed by atoms with Crippen LogP contribution in [0.25, 0.3) is 17.0 Å². The van der Waals surface area contributed by atoms with Crippen LogP contribution in [-0.2, 0) is 0 Å². The third kappa shape index (κ3) is 2.74. The smallest absolute Gasteiger partial charge is 0.231 e. The van der Waals surface area contributed by atoms with E-state index in [1.807, 2.05) is 36.5 Å². The normalized spacial score (nSPS) is 13.3. The quantitative estimate of drug-likeness (QED) is 0.574. The van der Waals surface area contributed by atoms with Crippen LogP contribution < -0.4 is 14.2 Å². The molecule has 0 aliphatic carbocycles. The average molecular weight is 335 g/mol. The molecule has 0 spiro atoms. The number of H-pyrrole nitrogens is 1. The maximum Gasteiger partial charge on any atom is 0.231 e. The molecule has 1 aliphatic heterocycles. The second-order valence-electron chi connectivity index (χ2n) is 5.89. The molecule has 3 aromatic rings. The number of allylic oxidation sites excluding steroid dienone is 1. The van der Waals surface area contributed by atoms with Gasteiger partial charge in [-0.05, 0) is 59.9 Å². The molecular formula is C20H17NO4. The Morgan fingerprint density at radius 2 is 2.08 bits per heavy atom. The molecule has 0 fully saturated rings. The molecule has 0 radical (unpaired) electrons. The Hall–Kier alpha value is -3.21. The largest absolute Gasteiger partial charge is 0.493 e. The van der Waals surface area contributed by atoms with Crippen molar-refractivity contribution < 1.29 is 19.0 Å². The van der Waals surface area contributed by atoms with Gasteiger partial charge in [0.2, 0.25) is 12.5 Å². The van der Waals surface area contributed by atoms with Gasteiger partial charge in [0.05, 0.1) is 7.11 Å². The number of rotatable bonds is 4. The first kappa shape index (κ1) is 15.3. The highest BCUT2D eigenvalue weighted by molar-refractivity contribution is 6.11. The number of carbonyl (C=O) groups is 1. The fourth-order valence-corrected chi connectivity index (χ4v) is 2.97. The van der Waals surface area contributed by atoms with E-state index in [4.69, 9.17) is 14.2 Å². The Bertz CT molecular complexity index is 1000. The van der Waals surface area contributed by atoms with Crippen molar-refractivity contribution in [2.45, 2.75) is 6.92 Å². The molecule has 1 aliphatic rings. The molecule has 0 saturated heterocycles. The minimum atomic E-state index is -0.0780. The SMILES string of the molecule is COc1cc(C(=O)/C(C)=C/c2ccc3[nH]ccc3c2)cc2c1OCO2. The molecule has 0 amide bonds. The van der Waals surface area contributed by atoms with Crippen molar-refractivity contribution in [2.75, 3.05) is 13.9 Å². The van der Waals surface area contributed by atoms with Crippen molar-refractivity contribution >= 4 is 22.8 Å². The molecule has 0 bridgehead atoms. The van der Waals surface area contributed by atoms with E-state index in [0.29, 0.717) is 28.4 Å². The van der Waals surface area contributed by atoms with E-state index < -0.39 is 0 Å². The van der Waals surface area contributed by atoms with Crippen molar-refractivity contribution in [3.8, 4) is 17.2 Å². The summed E-state index contributed by atoms with van der Waals surface area (Å²) in [5, 5.41) is 1.11. The summed E-state index contributed by atoms with van der Waals surface area (Å²) in [5.74, 6) is 1.49. The number of carbonyl (C=O) groups excluding carboxylic acids is 1. The minimum Gasteiger partial charge on any atom is -0.493 e. The number of nitrogens with one attached hydrogen (secondary N) is 1. The third-order valence-electron chi connectivity index (χ3n) is 4.24. The number of hydrogen-bond acceptors (Lipinski definition) is 4. The van der Waals surface area contributed by atoms with E-state index >= 15 is 0 Å². The monoisotopic (exact) mass is 335 g/mol. The van der Waals surface area contributed by atoms with Gasteiger partial charge in [-0.1, -0.05) is 6.07 Å². The second-order valence-corrected chi connectivity index (χ2v) is 5.89. The summed E-state index contributed by atoms with van der Waals surface area (Å²) in [6.45, 7) is 1.94. The predicted molar refractivity (Wildman–Crippen MR) is 95.4 cm³/mol. The number of ketones is 1. The molecule has 2 heterocycles. The lowest BCUT2D eigenvalue weighted by atomic mass is 10.0. The van der Waals surface area contributed by atoms with Crippen molar-refractivity contribution in [1.82, 2.24) is 4.98 Å². The summed E-state index contributed by atoms with van der Waals surface area (Å²) in [5.41, 5.74) is 3.20. The highest BCUT2D eigenvalue weighted by Crippen LogP contribution is 2.42. The third-order valence-corrected chi connectivity index (χ3v) is 4.24. The molecule has 1 aromatic heterocycles. The highest BCUT2D eigenvalue weighted by Gasteiger charge is 2.22. The van der Waals surface area contributed by atoms with E-state index in [2.05, 4.69) is 4.98 Å². The van der Waals surface area contributed by atoms with Gasteiger partial charge in [0.1, 0.15) is 0 Å². The molecule has 25 heavy (non-hydrogen) atoms. The molecule has 126 valence electrons. The van der Waals surface area contributed by atoms with Gasteiger partial charge in [0, 0.05) is 17.3 Å². The Balaban J connectivity index is 1.67. The van der Waals surface area contributed by atoms with Crippen LogP contribution in [0.3, 0.4) is 0 Å². The molecule has 0 unspecified atom stereocenters. The van der Waals surface area contributed by atoms with Crippen LogP contribution in [-0.4, -0.2) is 24.7 Å². The fourth-order valence-electron chi connectivity index (χ4n) is 2.97. The van der Waals surface area contributed by atoms with Gasteiger partial charge in [-0.25, -0.2) is 0 Å². The Morgan fingerprint density at radius 1 is 1.20 bits per heavy atom. The summed E-state index contributed by atoms with van der Waals surface area (Å²) in [6.07, 6.45) is 3.78. The summed E-state index contributed by atoms with van der Waals surface area (Å²) < 4.78 is 16.1. The number of Topliss-reactive ketones (excluding diaryl/α,β-unsaturated/α-hetero) is 1. The van der Waals surface area contributed by atoms with Gasteiger partial charge in [-0.3, -0.25) is 4.79 Å². The van der Waals surface area contributed by atoms with Gasteiger partial charge >= 0.3 is 0 Å². The molecule has 0 saturated carbocycles. The molecule has 5 heteroatoms. The van der Waals surface area contributed by atoms with E-state index in [0.717, 1.165) is 16.5 Å². The van der Waals surface area contributed by atoms with E-state index in [9.17, 15) is 4.79 Å². The fraction of sp³-hybridized carbons (Fsp3) is 0.150. The van der Waals surface area contributed by atoms with Gasteiger partial charge in [0.25, 0.3) is 0 Å². The van der Waals surface area contributed by atoms with Crippen LogP contribution in [0.5, 0.6) is 17.2 Å². The van der Waals surface area contributed by atoms with Crippen LogP contribution in [0.1, 0.15) is 22.8 Å². The average Bonchev–Trinajstić information content (AvgIpc) is 3.28. The first-order valence-electron chi connectivity index (χ1n) is 7.93. The molecule has 5 nitrogen and oxygen atoms in total. The van der Waals surface area contributed by atoms with Crippen molar-refractivity contribution in [3.05, 3.63) is 59.3 Å². The summed E-state index contributed by atoms with van der Waals surface area (Å²) in [6, 6.07) is 11.4. The zero-order valence-corrected chi connectivity index (χ0v) is 14.0. The number of ether oxygens (including phenoxy) is 3. The maximum absolute atomic E-state index is 12.8. The molecular weight excluding hydrogens is 318 g/mol. The number of hydrogen-bond donors (Lipinski definition) is 1. The van der Waals surface area contributed by atoms with Crippen LogP contribution in [0.15, 0.2) is 48.2 Å². The summed E-state index contributed by atoms with van der Waals surface area (Å²) >= 11 is 0. The van der Waals surface area contributed by atoms with Crippen LogP contribution in [0, 0.1) is 0 Å². The molecule has 0 atom stereocenters.